The van der Waals surface area contributed by atoms with E-state index < -0.39 is 6.04 Å². The van der Waals surface area contributed by atoms with Crippen LogP contribution in [-0.4, -0.2) is 44.6 Å². The van der Waals surface area contributed by atoms with E-state index in [9.17, 15) is 9.59 Å². The molecule has 3 aromatic carbocycles. The Morgan fingerprint density at radius 2 is 1.61 bits per heavy atom. The molecule has 0 saturated heterocycles. The topological polar surface area (TPSA) is 77.1 Å². The molecule has 1 N–H and O–H groups in total. The summed E-state index contributed by atoms with van der Waals surface area (Å²) >= 11 is 0. The second kappa shape index (κ2) is 9.24. The van der Waals surface area contributed by atoms with Gasteiger partial charge in [0.15, 0.2) is 11.5 Å². The van der Waals surface area contributed by atoms with E-state index in [2.05, 4.69) is 5.32 Å². The van der Waals surface area contributed by atoms with E-state index in [0.29, 0.717) is 28.5 Å². The van der Waals surface area contributed by atoms with Gasteiger partial charge in [0.25, 0.3) is 5.91 Å². The quantitative estimate of drug-likeness (QED) is 0.636. The highest BCUT2D eigenvalue weighted by molar-refractivity contribution is 6.02. The fourth-order valence-electron chi connectivity index (χ4n) is 4.18. The van der Waals surface area contributed by atoms with Gasteiger partial charge in [-0.05, 0) is 30.7 Å². The van der Waals surface area contributed by atoms with E-state index in [1.54, 1.807) is 17.0 Å². The zero-order valence-corrected chi connectivity index (χ0v) is 19.0. The zero-order chi connectivity index (χ0) is 23.5. The lowest BCUT2D eigenvalue weighted by Gasteiger charge is -2.31. The first kappa shape index (κ1) is 22.2. The minimum Gasteiger partial charge on any atom is -0.493 e. The Morgan fingerprint density at radius 3 is 2.21 bits per heavy atom. The molecular formula is C26H26N2O5. The van der Waals surface area contributed by atoms with Crippen LogP contribution < -0.4 is 19.5 Å². The summed E-state index contributed by atoms with van der Waals surface area (Å²) in [5, 5.41) is 2.95. The number of ether oxygens (including phenoxy) is 3. The van der Waals surface area contributed by atoms with Crippen LogP contribution in [0.3, 0.4) is 0 Å². The lowest BCUT2D eigenvalue weighted by Crippen LogP contribution is -2.39. The molecule has 0 unspecified atom stereocenters. The minimum atomic E-state index is -0.466. The monoisotopic (exact) mass is 446 g/mol. The van der Waals surface area contributed by atoms with Crippen molar-refractivity contribution in [3.63, 3.8) is 0 Å². The number of nitrogens with zero attached hydrogens (tertiary/aromatic N) is 1. The van der Waals surface area contributed by atoms with Gasteiger partial charge in [0, 0.05) is 16.8 Å². The number of aryl methyl sites for hydroxylation is 1. The van der Waals surface area contributed by atoms with Crippen molar-refractivity contribution < 1.29 is 23.8 Å². The molecule has 0 spiro atoms. The van der Waals surface area contributed by atoms with E-state index >= 15 is 0 Å². The van der Waals surface area contributed by atoms with Gasteiger partial charge in [0.2, 0.25) is 11.7 Å². The Labute approximate surface area is 192 Å². The first-order valence-corrected chi connectivity index (χ1v) is 10.5. The predicted octanol–water partition coefficient (Wildman–Crippen LogP) is 4.20. The third kappa shape index (κ3) is 4.22. The van der Waals surface area contributed by atoms with Crippen LogP contribution in [0.1, 0.15) is 33.1 Å². The summed E-state index contributed by atoms with van der Waals surface area (Å²) in [6.07, 6.45) is 0. The number of anilines is 1. The van der Waals surface area contributed by atoms with Crippen molar-refractivity contribution in [2.75, 3.05) is 33.2 Å². The summed E-state index contributed by atoms with van der Waals surface area (Å²) in [5.41, 5.74) is 3.81. The standard InChI is InChI=1S/C26H26N2O5/c1-16-10-11-20-19(12-16)24(17-8-6-5-7-9-17)28(15-23(29)27-20)26(30)18-13-21(31-2)25(33-4)22(14-18)32-3/h5-14,24H,15H2,1-4H3,(H,27,29)/t24-/m1/s1. The largest absolute Gasteiger partial charge is 0.493 e. The second-order valence-corrected chi connectivity index (χ2v) is 7.80. The molecule has 7 heteroatoms. The van der Waals surface area contributed by atoms with Crippen molar-refractivity contribution in [1.82, 2.24) is 4.90 Å². The van der Waals surface area contributed by atoms with Gasteiger partial charge in [-0.2, -0.15) is 0 Å². The number of amides is 2. The molecule has 7 nitrogen and oxygen atoms in total. The van der Waals surface area contributed by atoms with Gasteiger partial charge >= 0.3 is 0 Å². The molecule has 3 aromatic rings. The number of methoxy groups -OCH3 is 3. The number of rotatable bonds is 5. The van der Waals surface area contributed by atoms with Crippen molar-refractivity contribution in [2.45, 2.75) is 13.0 Å². The Kier molecular flexibility index (Phi) is 6.22. The molecule has 0 radical (unpaired) electrons. The number of fused-ring (bicyclic) bond motifs is 1. The number of hydrogen-bond acceptors (Lipinski definition) is 5. The first-order valence-electron chi connectivity index (χ1n) is 10.5. The van der Waals surface area contributed by atoms with Crippen LogP contribution in [0.2, 0.25) is 0 Å². The number of hydrogen-bond donors (Lipinski definition) is 1. The van der Waals surface area contributed by atoms with Crippen molar-refractivity contribution >= 4 is 17.5 Å². The highest BCUT2D eigenvalue weighted by Gasteiger charge is 2.34. The maximum atomic E-state index is 13.9. The van der Waals surface area contributed by atoms with E-state index in [4.69, 9.17) is 14.2 Å². The smallest absolute Gasteiger partial charge is 0.255 e. The normalized spacial score (nSPS) is 15.2. The fraction of sp³-hybridized carbons (Fsp3) is 0.231. The lowest BCUT2D eigenvalue weighted by atomic mass is 9.94. The van der Waals surface area contributed by atoms with Crippen LogP contribution in [-0.2, 0) is 4.79 Å². The van der Waals surface area contributed by atoms with Gasteiger partial charge in [-0.1, -0.05) is 48.0 Å². The third-order valence-electron chi connectivity index (χ3n) is 5.69. The molecular weight excluding hydrogens is 420 g/mol. The molecule has 4 rings (SSSR count). The fourth-order valence-corrected chi connectivity index (χ4v) is 4.18. The first-order chi connectivity index (χ1) is 16.0. The molecule has 1 aliphatic rings. The lowest BCUT2D eigenvalue weighted by molar-refractivity contribution is -0.117. The van der Waals surface area contributed by atoms with E-state index in [1.165, 1.54) is 21.3 Å². The molecule has 1 atom stereocenters. The van der Waals surface area contributed by atoms with Crippen LogP contribution >= 0.6 is 0 Å². The van der Waals surface area contributed by atoms with Crippen molar-refractivity contribution in [1.29, 1.82) is 0 Å². The molecule has 33 heavy (non-hydrogen) atoms. The average Bonchev–Trinajstić information content (AvgIpc) is 2.98. The van der Waals surface area contributed by atoms with Crippen LogP contribution in [0.4, 0.5) is 5.69 Å². The van der Waals surface area contributed by atoms with Gasteiger partial charge in [0.05, 0.1) is 27.4 Å². The summed E-state index contributed by atoms with van der Waals surface area (Å²) in [7, 11) is 4.50. The molecule has 0 fully saturated rings. The van der Waals surface area contributed by atoms with Gasteiger partial charge < -0.3 is 24.4 Å². The number of benzene rings is 3. The summed E-state index contributed by atoms with van der Waals surface area (Å²) in [6, 6.07) is 18.3. The Hall–Kier alpha value is -4.00. The van der Waals surface area contributed by atoms with Crippen LogP contribution in [0, 0.1) is 6.92 Å². The van der Waals surface area contributed by atoms with Gasteiger partial charge in [-0.25, -0.2) is 0 Å². The molecule has 1 aliphatic heterocycles. The van der Waals surface area contributed by atoms with E-state index in [1.807, 2.05) is 55.5 Å². The van der Waals surface area contributed by atoms with Crippen LogP contribution in [0.25, 0.3) is 0 Å². The zero-order valence-electron chi connectivity index (χ0n) is 19.0. The summed E-state index contributed by atoms with van der Waals surface area (Å²) < 4.78 is 16.2. The molecule has 0 aromatic heterocycles. The second-order valence-electron chi connectivity index (χ2n) is 7.80. The summed E-state index contributed by atoms with van der Waals surface area (Å²) in [5.74, 6) is 0.539. The SMILES string of the molecule is COc1cc(C(=O)N2CC(=O)Nc3ccc(C)cc3[C@H]2c2ccccc2)cc(OC)c1OC. The average molecular weight is 447 g/mol. The van der Waals surface area contributed by atoms with Crippen molar-refractivity contribution in [3.8, 4) is 17.2 Å². The summed E-state index contributed by atoms with van der Waals surface area (Å²) in [4.78, 5) is 28.3. The maximum Gasteiger partial charge on any atom is 0.255 e. The molecule has 1 heterocycles. The number of carbonyl (C=O) groups excluding carboxylic acids is 2. The van der Waals surface area contributed by atoms with Crippen molar-refractivity contribution in [2.24, 2.45) is 0 Å². The van der Waals surface area contributed by atoms with E-state index in [0.717, 1.165) is 16.7 Å². The van der Waals surface area contributed by atoms with Crippen molar-refractivity contribution in [3.05, 3.63) is 82.9 Å². The van der Waals surface area contributed by atoms with Crippen LogP contribution in [0.15, 0.2) is 60.7 Å². The molecule has 2 amide bonds. The highest BCUT2D eigenvalue weighted by atomic mass is 16.5. The molecule has 170 valence electrons. The summed E-state index contributed by atoms with van der Waals surface area (Å²) in [6.45, 7) is 1.88. The van der Waals surface area contributed by atoms with Gasteiger partial charge in [-0.3, -0.25) is 9.59 Å². The Morgan fingerprint density at radius 1 is 0.939 bits per heavy atom. The molecule has 0 bridgehead atoms. The molecule has 0 saturated carbocycles. The van der Waals surface area contributed by atoms with Crippen LogP contribution in [0.5, 0.6) is 17.2 Å². The minimum absolute atomic E-state index is 0.108. The third-order valence-corrected chi connectivity index (χ3v) is 5.69. The number of carbonyl (C=O) groups is 2. The Bertz CT molecular complexity index is 1170. The highest BCUT2D eigenvalue weighted by Crippen LogP contribution is 2.41. The van der Waals surface area contributed by atoms with Gasteiger partial charge in [-0.15, -0.1) is 0 Å². The number of nitrogens with one attached hydrogen (secondary N) is 1. The van der Waals surface area contributed by atoms with Gasteiger partial charge in [0.1, 0.15) is 6.54 Å². The predicted molar refractivity (Wildman–Crippen MR) is 125 cm³/mol. The Balaban J connectivity index is 1.89. The maximum absolute atomic E-state index is 13.9. The van der Waals surface area contributed by atoms with E-state index in [-0.39, 0.29) is 18.4 Å². The molecule has 0 aliphatic carbocycles.